The molecule has 0 saturated carbocycles. The maximum Gasteiger partial charge on any atom is 0.416 e. The van der Waals surface area contributed by atoms with Gasteiger partial charge in [-0.25, -0.2) is 0 Å². The van der Waals surface area contributed by atoms with Crippen LogP contribution < -0.4 is 11.1 Å². The lowest BCUT2D eigenvalue weighted by atomic mass is 10.1. The van der Waals surface area contributed by atoms with E-state index >= 15 is 0 Å². The quantitative estimate of drug-likeness (QED) is 0.442. The van der Waals surface area contributed by atoms with Crippen molar-refractivity contribution < 1.29 is 31.1 Å². The summed E-state index contributed by atoms with van der Waals surface area (Å²) < 4.78 is 85.4. The van der Waals surface area contributed by atoms with Crippen molar-refractivity contribution in [3.05, 3.63) is 79.9 Å². The molecule has 0 saturated heterocycles. The number of hydrogen-bond donors (Lipinski definition) is 0. The predicted octanol–water partition coefficient (Wildman–Crippen LogP) is 3.90. The molecule has 11 heteroatoms. The summed E-state index contributed by atoms with van der Waals surface area (Å²) in [5.41, 5.74) is -4.41. The van der Waals surface area contributed by atoms with E-state index in [1.54, 1.807) is 0 Å². The second-order valence-electron chi connectivity index (χ2n) is 6.74. The highest BCUT2D eigenvalue weighted by Gasteiger charge is 2.32. The Hall–Kier alpha value is -3.08. The highest BCUT2D eigenvalue weighted by molar-refractivity contribution is 5.76. The maximum atomic E-state index is 13.2. The monoisotopic (exact) mass is 446 g/mol. The molecular formula is C20H16F6N2O3. The second kappa shape index (κ2) is 8.22. The first kappa shape index (κ1) is 22.6. The minimum Gasteiger partial charge on any atom is -0.383 e. The molecule has 1 heterocycles. The van der Waals surface area contributed by atoms with E-state index < -0.39 is 41.1 Å². The molecule has 0 fully saturated rings. The van der Waals surface area contributed by atoms with E-state index in [2.05, 4.69) is 0 Å². The van der Waals surface area contributed by atoms with Gasteiger partial charge in [0.1, 0.15) is 0 Å². The van der Waals surface area contributed by atoms with Gasteiger partial charge in [-0.3, -0.25) is 18.7 Å². The second-order valence-corrected chi connectivity index (χ2v) is 6.74. The number of hydrogen-bond acceptors (Lipinski definition) is 3. The van der Waals surface area contributed by atoms with Crippen LogP contribution >= 0.6 is 0 Å². The molecule has 0 aliphatic rings. The molecule has 0 atom stereocenters. The molecule has 0 amide bonds. The largest absolute Gasteiger partial charge is 0.416 e. The molecule has 0 radical (unpaired) electrons. The highest BCUT2D eigenvalue weighted by atomic mass is 19.4. The van der Waals surface area contributed by atoms with Crippen molar-refractivity contribution in [2.45, 2.75) is 25.4 Å². The Morgan fingerprint density at radius 2 is 1.42 bits per heavy atom. The zero-order chi connectivity index (χ0) is 23.0. The van der Waals surface area contributed by atoms with Crippen LogP contribution in [0.5, 0.6) is 0 Å². The van der Waals surface area contributed by atoms with Gasteiger partial charge in [-0.2, -0.15) is 26.3 Å². The Labute approximate surface area is 171 Å². The van der Waals surface area contributed by atoms with Gasteiger partial charge in [0.2, 0.25) is 0 Å². The molecule has 0 unspecified atom stereocenters. The third-order valence-corrected chi connectivity index (χ3v) is 4.67. The first-order valence-electron chi connectivity index (χ1n) is 8.93. The van der Waals surface area contributed by atoms with Gasteiger partial charge in [0, 0.05) is 13.7 Å². The topological polar surface area (TPSA) is 53.2 Å². The van der Waals surface area contributed by atoms with Crippen LogP contribution in [0, 0.1) is 0 Å². The zero-order valence-corrected chi connectivity index (χ0v) is 16.0. The van der Waals surface area contributed by atoms with Gasteiger partial charge in [-0.15, -0.1) is 0 Å². The predicted molar refractivity (Wildman–Crippen MR) is 99.9 cm³/mol. The van der Waals surface area contributed by atoms with Gasteiger partial charge in [0.25, 0.3) is 0 Å². The number of ether oxygens (including phenoxy) is 1. The molecule has 0 aliphatic heterocycles. The van der Waals surface area contributed by atoms with E-state index in [0.29, 0.717) is 6.07 Å². The summed E-state index contributed by atoms with van der Waals surface area (Å²) in [6.45, 7) is -0.579. The van der Waals surface area contributed by atoms with Crippen LogP contribution in [0.3, 0.4) is 0 Å². The van der Waals surface area contributed by atoms with Crippen LogP contribution in [0.15, 0.2) is 52.1 Å². The Kier molecular flexibility index (Phi) is 5.99. The Morgan fingerprint density at radius 1 is 0.806 bits per heavy atom. The lowest BCUT2D eigenvalue weighted by Gasteiger charge is -2.17. The van der Waals surface area contributed by atoms with Gasteiger partial charge < -0.3 is 4.74 Å². The van der Waals surface area contributed by atoms with Crippen molar-refractivity contribution in [1.82, 2.24) is 9.13 Å². The van der Waals surface area contributed by atoms with Crippen molar-refractivity contribution in [3.8, 4) is 0 Å². The van der Waals surface area contributed by atoms with Crippen LogP contribution in [0.4, 0.5) is 26.3 Å². The zero-order valence-electron chi connectivity index (χ0n) is 16.0. The number of methoxy groups -OCH3 is 1. The smallest absolute Gasteiger partial charge is 0.383 e. The van der Waals surface area contributed by atoms with Crippen LogP contribution in [0.25, 0.3) is 11.0 Å². The molecule has 0 aliphatic carbocycles. The standard InChI is InChI=1S/C20H16F6N2O3/c1-31-8-7-27-15-6-5-14(20(24,25)26)10-16(15)28(18(30)17(27)29)11-12-3-2-4-13(9-12)19(21,22)23/h2-6,9-10H,7-8,11H2,1H3. The minimum absolute atomic E-state index is 0.00433. The minimum atomic E-state index is -4.72. The average Bonchev–Trinajstić information content (AvgIpc) is 2.70. The number of alkyl halides is 6. The summed E-state index contributed by atoms with van der Waals surface area (Å²) in [6, 6.07) is 6.54. The molecule has 3 rings (SSSR count). The van der Waals surface area contributed by atoms with Crippen molar-refractivity contribution in [2.75, 3.05) is 13.7 Å². The molecule has 166 valence electrons. The van der Waals surface area contributed by atoms with Crippen molar-refractivity contribution in [3.63, 3.8) is 0 Å². The molecule has 3 aromatic rings. The molecule has 0 N–H and O–H groups in total. The first-order chi connectivity index (χ1) is 14.4. The Bertz CT molecular complexity index is 1220. The van der Waals surface area contributed by atoms with Gasteiger partial charge in [-0.1, -0.05) is 12.1 Å². The summed E-state index contributed by atoms with van der Waals surface area (Å²) in [4.78, 5) is 25.3. The summed E-state index contributed by atoms with van der Waals surface area (Å²) in [5, 5.41) is 0. The fourth-order valence-electron chi connectivity index (χ4n) is 3.18. The number of benzene rings is 2. The number of rotatable bonds is 5. The summed E-state index contributed by atoms with van der Waals surface area (Å²) in [5.74, 6) is 0. The van der Waals surface area contributed by atoms with Gasteiger partial charge in [0.05, 0.1) is 35.3 Å². The van der Waals surface area contributed by atoms with Crippen LogP contribution in [0.1, 0.15) is 16.7 Å². The summed E-state index contributed by atoms with van der Waals surface area (Å²) in [7, 11) is 1.35. The van der Waals surface area contributed by atoms with E-state index in [1.807, 2.05) is 0 Å². The molecule has 1 aromatic heterocycles. The lowest BCUT2D eigenvalue weighted by molar-refractivity contribution is -0.138. The van der Waals surface area contributed by atoms with Crippen LogP contribution in [-0.2, 0) is 30.2 Å². The van der Waals surface area contributed by atoms with E-state index in [0.717, 1.165) is 39.5 Å². The SMILES string of the molecule is COCCn1c(=O)c(=O)n(Cc2cccc(C(F)(F)F)c2)c2cc(C(F)(F)F)ccc21. The molecular weight excluding hydrogens is 430 g/mol. The van der Waals surface area contributed by atoms with E-state index in [1.165, 1.54) is 13.2 Å². The fraction of sp³-hybridized carbons (Fsp3) is 0.300. The van der Waals surface area contributed by atoms with Crippen LogP contribution in [0.2, 0.25) is 0 Å². The maximum absolute atomic E-state index is 13.2. The molecule has 2 aromatic carbocycles. The Morgan fingerprint density at radius 3 is 2.03 bits per heavy atom. The lowest BCUT2D eigenvalue weighted by Crippen LogP contribution is -2.42. The van der Waals surface area contributed by atoms with E-state index in [-0.39, 0.29) is 29.7 Å². The summed E-state index contributed by atoms with van der Waals surface area (Å²) >= 11 is 0. The fourth-order valence-corrected chi connectivity index (χ4v) is 3.18. The van der Waals surface area contributed by atoms with E-state index in [4.69, 9.17) is 4.74 Å². The van der Waals surface area contributed by atoms with Gasteiger partial charge in [0.15, 0.2) is 0 Å². The number of nitrogens with zero attached hydrogens (tertiary/aromatic N) is 2. The number of fused-ring (bicyclic) bond motifs is 1. The molecule has 0 bridgehead atoms. The van der Waals surface area contributed by atoms with Crippen molar-refractivity contribution in [2.24, 2.45) is 0 Å². The number of aromatic nitrogens is 2. The van der Waals surface area contributed by atoms with Crippen molar-refractivity contribution >= 4 is 11.0 Å². The normalized spacial score (nSPS) is 12.5. The number of halogens is 6. The van der Waals surface area contributed by atoms with Gasteiger partial charge >= 0.3 is 23.5 Å². The van der Waals surface area contributed by atoms with Crippen molar-refractivity contribution in [1.29, 1.82) is 0 Å². The Balaban J connectivity index is 2.26. The first-order valence-corrected chi connectivity index (χ1v) is 8.93. The highest BCUT2D eigenvalue weighted by Crippen LogP contribution is 2.32. The van der Waals surface area contributed by atoms with Crippen LogP contribution in [-0.4, -0.2) is 22.9 Å². The summed E-state index contributed by atoms with van der Waals surface area (Å²) in [6.07, 6.45) is -9.37. The van der Waals surface area contributed by atoms with E-state index in [9.17, 15) is 35.9 Å². The third-order valence-electron chi connectivity index (χ3n) is 4.67. The molecule has 5 nitrogen and oxygen atoms in total. The third kappa shape index (κ3) is 4.66. The van der Waals surface area contributed by atoms with Gasteiger partial charge in [-0.05, 0) is 35.9 Å². The average molecular weight is 446 g/mol. The molecule has 31 heavy (non-hydrogen) atoms. The molecule has 0 spiro atoms.